The summed E-state index contributed by atoms with van der Waals surface area (Å²) in [6, 6.07) is 10.1. The lowest BCUT2D eigenvalue weighted by molar-refractivity contribution is -0.126. The highest BCUT2D eigenvalue weighted by atomic mass is 32.2. The van der Waals surface area contributed by atoms with Gasteiger partial charge in [0.25, 0.3) is 0 Å². The summed E-state index contributed by atoms with van der Waals surface area (Å²) >= 11 is 0. The number of amides is 1. The van der Waals surface area contributed by atoms with Crippen molar-refractivity contribution in [3.05, 3.63) is 30.3 Å². The number of hydrogen-bond donors (Lipinski definition) is 1. The van der Waals surface area contributed by atoms with Gasteiger partial charge in [0.15, 0.2) is 0 Å². The van der Waals surface area contributed by atoms with Gasteiger partial charge >= 0.3 is 0 Å². The van der Waals surface area contributed by atoms with E-state index in [2.05, 4.69) is 10.2 Å². The molecule has 2 fully saturated rings. The maximum absolute atomic E-state index is 12.3. The summed E-state index contributed by atoms with van der Waals surface area (Å²) in [7, 11) is -0.948. The number of nitrogens with one attached hydrogen (secondary N) is 1. The second-order valence-electron chi connectivity index (χ2n) is 6.29. The molecule has 0 bridgehead atoms. The Kier molecular flexibility index (Phi) is 5.26. The van der Waals surface area contributed by atoms with Crippen LogP contribution < -0.4 is 5.32 Å². The van der Waals surface area contributed by atoms with E-state index in [1.807, 2.05) is 30.3 Å². The number of nitrogens with zero attached hydrogens (tertiary/aromatic N) is 1. The van der Waals surface area contributed by atoms with E-state index >= 15 is 0 Å². The molecule has 0 unspecified atom stereocenters. The summed E-state index contributed by atoms with van der Waals surface area (Å²) < 4.78 is 12.3. The second-order valence-corrected chi connectivity index (χ2v) is 7.86. The van der Waals surface area contributed by atoms with Gasteiger partial charge < -0.3 is 10.2 Å². The molecule has 3 rings (SSSR count). The van der Waals surface area contributed by atoms with Crippen LogP contribution in [0.3, 0.4) is 0 Å². The zero-order valence-corrected chi connectivity index (χ0v) is 13.7. The fraction of sp³-hybridized carbons (Fsp3) is 0.588. The first-order valence-corrected chi connectivity index (χ1v) is 9.50. The van der Waals surface area contributed by atoms with E-state index in [-0.39, 0.29) is 11.8 Å². The molecule has 1 heterocycles. The molecule has 22 heavy (non-hydrogen) atoms. The van der Waals surface area contributed by atoms with Gasteiger partial charge in [0.1, 0.15) is 0 Å². The van der Waals surface area contributed by atoms with E-state index in [1.165, 1.54) is 0 Å². The van der Waals surface area contributed by atoms with Crippen LogP contribution in [0.15, 0.2) is 35.2 Å². The Bertz CT molecular complexity index is 531. The van der Waals surface area contributed by atoms with E-state index in [4.69, 9.17) is 0 Å². The molecule has 1 aromatic rings. The van der Waals surface area contributed by atoms with Crippen LogP contribution in [0.4, 0.5) is 0 Å². The van der Waals surface area contributed by atoms with E-state index in [0.29, 0.717) is 11.8 Å². The zero-order valence-electron chi connectivity index (χ0n) is 12.9. The lowest BCUT2D eigenvalue weighted by Crippen LogP contribution is -2.44. The molecule has 2 aliphatic rings. The van der Waals surface area contributed by atoms with Crippen LogP contribution >= 0.6 is 0 Å². The van der Waals surface area contributed by atoms with Gasteiger partial charge in [0.2, 0.25) is 5.91 Å². The van der Waals surface area contributed by atoms with E-state index in [0.717, 1.165) is 50.2 Å². The van der Waals surface area contributed by atoms with Crippen molar-refractivity contribution in [2.75, 3.05) is 25.4 Å². The number of rotatable bonds is 6. The first-order valence-electron chi connectivity index (χ1n) is 8.18. The summed E-state index contributed by atoms with van der Waals surface area (Å²) in [4.78, 5) is 15.3. The van der Waals surface area contributed by atoms with Crippen LogP contribution in [0.25, 0.3) is 0 Å². The average molecular weight is 320 g/mol. The van der Waals surface area contributed by atoms with Crippen molar-refractivity contribution in [1.29, 1.82) is 0 Å². The van der Waals surface area contributed by atoms with Gasteiger partial charge in [-0.15, -0.1) is 0 Å². The standard InChI is InChI=1S/C17H24N2O2S/c20-17(18-15-8-9-15)14-5-4-10-19(13-14)11-12-22(21)16-6-2-1-3-7-16/h1-3,6-7,14-15H,4-5,8-13H2,(H,18,20)/t14-,22-/m1/s1. The normalized spacial score (nSPS) is 23.9. The monoisotopic (exact) mass is 320 g/mol. The Labute approximate surface area is 134 Å². The van der Waals surface area contributed by atoms with Crippen molar-refractivity contribution in [2.24, 2.45) is 5.92 Å². The molecule has 1 saturated heterocycles. The van der Waals surface area contributed by atoms with E-state index < -0.39 is 10.8 Å². The molecular weight excluding hydrogens is 296 g/mol. The number of likely N-dealkylation sites (tertiary alicyclic amines) is 1. The van der Waals surface area contributed by atoms with E-state index in [9.17, 15) is 9.00 Å². The largest absolute Gasteiger partial charge is 0.353 e. The molecule has 1 aromatic carbocycles. The quantitative estimate of drug-likeness (QED) is 0.869. The Balaban J connectivity index is 1.45. The molecule has 1 aliphatic heterocycles. The summed E-state index contributed by atoms with van der Waals surface area (Å²) in [5.41, 5.74) is 0. The van der Waals surface area contributed by atoms with Crippen molar-refractivity contribution in [3.63, 3.8) is 0 Å². The average Bonchev–Trinajstić information content (AvgIpc) is 3.37. The van der Waals surface area contributed by atoms with Crippen molar-refractivity contribution < 1.29 is 9.00 Å². The van der Waals surface area contributed by atoms with Crippen LogP contribution in [0, 0.1) is 5.92 Å². The van der Waals surface area contributed by atoms with Gasteiger partial charge in [-0.25, -0.2) is 0 Å². The Morgan fingerprint density at radius 2 is 2.00 bits per heavy atom. The minimum Gasteiger partial charge on any atom is -0.353 e. The molecule has 1 amide bonds. The number of carbonyl (C=O) groups is 1. The summed E-state index contributed by atoms with van der Waals surface area (Å²) in [6.45, 7) is 2.62. The number of hydrogen-bond acceptors (Lipinski definition) is 3. The van der Waals surface area contributed by atoms with Crippen LogP contribution in [0.1, 0.15) is 25.7 Å². The molecule has 0 spiro atoms. The smallest absolute Gasteiger partial charge is 0.224 e. The van der Waals surface area contributed by atoms with Crippen LogP contribution in [-0.4, -0.2) is 46.4 Å². The van der Waals surface area contributed by atoms with Crippen molar-refractivity contribution in [2.45, 2.75) is 36.6 Å². The predicted octanol–water partition coefficient (Wildman–Crippen LogP) is 1.78. The SMILES string of the molecule is O=C(NC1CC1)[C@@H]1CCCN(CC[S@@](=O)c2ccccc2)C1. The molecule has 1 aliphatic carbocycles. The van der Waals surface area contributed by atoms with Crippen LogP contribution in [0.5, 0.6) is 0 Å². The molecule has 0 radical (unpaired) electrons. The third-order valence-corrected chi connectivity index (χ3v) is 5.75. The lowest BCUT2D eigenvalue weighted by atomic mass is 9.97. The number of carbonyl (C=O) groups excluding carboxylic acids is 1. The predicted molar refractivity (Wildman–Crippen MR) is 88.0 cm³/mol. The maximum atomic E-state index is 12.3. The maximum Gasteiger partial charge on any atom is 0.224 e. The zero-order chi connectivity index (χ0) is 15.4. The van der Waals surface area contributed by atoms with Gasteiger partial charge in [-0.2, -0.15) is 0 Å². The first kappa shape index (κ1) is 15.7. The third-order valence-electron chi connectivity index (χ3n) is 4.40. The van der Waals surface area contributed by atoms with Crippen molar-refractivity contribution in [1.82, 2.24) is 10.2 Å². The Morgan fingerprint density at radius 1 is 1.23 bits per heavy atom. The molecule has 5 heteroatoms. The summed E-state index contributed by atoms with van der Waals surface area (Å²) in [5.74, 6) is 0.969. The first-order chi connectivity index (χ1) is 10.7. The van der Waals surface area contributed by atoms with Gasteiger partial charge in [0.05, 0.1) is 16.7 Å². The molecule has 1 saturated carbocycles. The van der Waals surface area contributed by atoms with Crippen molar-refractivity contribution in [3.8, 4) is 0 Å². The highest BCUT2D eigenvalue weighted by molar-refractivity contribution is 7.85. The topological polar surface area (TPSA) is 49.4 Å². The molecule has 0 aromatic heterocycles. The summed E-state index contributed by atoms with van der Waals surface area (Å²) in [5, 5.41) is 3.11. The fourth-order valence-electron chi connectivity index (χ4n) is 2.92. The summed E-state index contributed by atoms with van der Waals surface area (Å²) in [6.07, 6.45) is 4.31. The van der Waals surface area contributed by atoms with Crippen molar-refractivity contribution >= 4 is 16.7 Å². The molecule has 2 atom stereocenters. The van der Waals surface area contributed by atoms with Gasteiger partial charge in [-0.05, 0) is 44.4 Å². The molecular formula is C17H24N2O2S. The van der Waals surface area contributed by atoms with Gasteiger partial charge in [-0.1, -0.05) is 18.2 Å². The molecule has 1 N–H and O–H groups in total. The fourth-order valence-corrected chi connectivity index (χ4v) is 4.04. The highest BCUT2D eigenvalue weighted by Crippen LogP contribution is 2.22. The number of piperidine rings is 1. The highest BCUT2D eigenvalue weighted by Gasteiger charge is 2.30. The van der Waals surface area contributed by atoms with Crippen LogP contribution in [0.2, 0.25) is 0 Å². The minimum absolute atomic E-state index is 0.111. The van der Waals surface area contributed by atoms with Gasteiger partial charge in [-0.3, -0.25) is 9.00 Å². The third kappa shape index (κ3) is 4.40. The second kappa shape index (κ2) is 7.38. The Hall–Kier alpha value is -1.20. The van der Waals surface area contributed by atoms with Gasteiger partial charge in [0, 0.05) is 29.8 Å². The van der Waals surface area contributed by atoms with Crippen LogP contribution in [-0.2, 0) is 15.6 Å². The number of benzene rings is 1. The Morgan fingerprint density at radius 3 is 2.73 bits per heavy atom. The molecule has 4 nitrogen and oxygen atoms in total. The minimum atomic E-state index is -0.948. The van der Waals surface area contributed by atoms with E-state index in [1.54, 1.807) is 0 Å². The molecule has 120 valence electrons. The lowest BCUT2D eigenvalue weighted by Gasteiger charge is -2.31.